The van der Waals surface area contributed by atoms with Gasteiger partial charge in [-0.15, -0.1) is 0 Å². The van der Waals surface area contributed by atoms with E-state index in [0.29, 0.717) is 13.2 Å². The largest absolute Gasteiger partial charge is 0.497 e. The van der Waals surface area contributed by atoms with E-state index in [4.69, 9.17) is 9.47 Å². The number of β-amino-alcohol motifs (C(OH)–C–C–N with tert-alkyl or cyclic N) is 1. The van der Waals surface area contributed by atoms with Crippen LogP contribution in [0.2, 0.25) is 0 Å². The number of hydrogen-bond donors (Lipinski definition) is 2. The maximum atomic E-state index is 10.4. The lowest BCUT2D eigenvalue weighted by Crippen LogP contribution is -2.49. The maximum Gasteiger partial charge on any atom is 0.119 e. The Bertz CT molecular complexity index is 763. The Morgan fingerprint density at radius 1 is 0.933 bits per heavy atom. The van der Waals surface area contributed by atoms with E-state index in [1.165, 1.54) is 5.56 Å². The number of likely N-dealkylation sites (N-methyl/N-ethyl adjacent to an activating group) is 1. The lowest BCUT2D eigenvalue weighted by Gasteiger charge is -2.34. The van der Waals surface area contributed by atoms with Gasteiger partial charge in [0, 0.05) is 45.8 Å². The highest BCUT2D eigenvalue weighted by molar-refractivity contribution is 5.30. The molecule has 2 aromatic carbocycles. The number of ether oxygens (including phenoxy) is 2. The second kappa shape index (κ2) is 11.9. The van der Waals surface area contributed by atoms with Gasteiger partial charge in [-0.05, 0) is 41.9 Å². The van der Waals surface area contributed by atoms with Gasteiger partial charge in [0.1, 0.15) is 24.2 Å². The monoisotopic (exact) mass is 413 g/mol. The first-order valence-electron chi connectivity index (χ1n) is 10.8. The van der Waals surface area contributed by atoms with Crippen molar-refractivity contribution in [2.45, 2.75) is 26.1 Å². The van der Waals surface area contributed by atoms with Crippen molar-refractivity contribution in [3.63, 3.8) is 0 Å². The third-order valence-electron chi connectivity index (χ3n) is 5.51. The maximum absolute atomic E-state index is 10.4. The predicted octanol–water partition coefficient (Wildman–Crippen LogP) is 2.36. The molecule has 30 heavy (non-hydrogen) atoms. The molecule has 3 rings (SSSR count). The van der Waals surface area contributed by atoms with E-state index in [-0.39, 0.29) is 0 Å². The average molecular weight is 414 g/mol. The van der Waals surface area contributed by atoms with E-state index < -0.39 is 6.10 Å². The van der Waals surface area contributed by atoms with Gasteiger partial charge in [-0.3, -0.25) is 4.90 Å². The van der Waals surface area contributed by atoms with Crippen molar-refractivity contribution in [1.82, 2.24) is 15.1 Å². The van der Waals surface area contributed by atoms with Gasteiger partial charge in [0.15, 0.2) is 0 Å². The Morgan fingerprint density at radius 2 is 1.53 bits per heavy atom. The van der Waals surface area contributed by atoms with E-state index >= 15 is 0 Å². The van der Waals surface area contributed by atoms with E-state index in [0.717, 1.165) is 62.9 Å². The number of benzene rings is 2. The molecule has 1 fully saturated rings. The minimum atomic E-state index is -0.479. The molecule has 0 amide bonds. The van der Waals surface area contributed by atoms with E-state index in [2.05, 4.69) is 34.2 Å². The summed E-state index contributed by atoms with van der Waals surface area (Å²) in [6, 6.07) is 16.1. The van der Waals surface area contributed by atoms with Gasteiger partial charge >= 0.3 is 0 Å². The number of rotatable bonds is 11. The molecule has 2 aromatic rings. The van der Waals surface area contributed by atoms with Crippen LogP contribution in [0.15, 0.2) is 48.5 Å². The summed E-state index contributed by atoms with van der Waals surface area (Å²) in [6.07, 6.45) is -0.479. The highest BCUT2D eigenvalue weighted by Gasteiger charge is 2.18. The Kier molecular flexibility index (Phi) is 8.96. The Hall–Kier alpha value is -2.12. The highest BCUT2D eigenvalue weighted by atomic mass is 16.5. The molecule has 2 N–H and O–H groups in total. The molecular formula is C24H35N3O3. The SMILES string of the molecule is CCN1CCN(C[C@H](O)COc2cccc(CNCc3cccc(OC)c3)c2)CC1. The number of hydrogen-bond acceptors (Lipinski definition) is 6. The number of nitrogens with zero attached hydrogens (tertiary/aromatic N) is 2. The molecule has 1 aliphatic heterocycles. The molecule has 164 valence electrons. The molecule has 0 saturated carbocycles. The molecule has 1 aliphatic rings. The fourth-order valence-electron chi connectivity index (χ4n) is 3.71. The fraction of sp³-hybridized carbons (Fsp3) is 0.500. The zero-order valence-electron chi connectivity index (χ0n) is 18.2. The number of methoxy groups -OCH3 is 1. The third-order valence-corrected chi connectivity index (χ3v) is 5.51. The molecule has 0 radical (unpaired) electrons. The molecule has 1 atom stereocenters. The molecule has 6 nitrogen and oxygen atoms in total. The molecular weight excluding hydrogens is 378 g/mol. The van der Waals surface area contributed by atoms with E-state index in [9.17, 15) is 5.11 Å². The predicted molar refractivity (Wildman–Crippen MR) is 120 cm³/mol. The van der Waals surface area contributed by atoms with Crippen molar-refractivity contribution >= 4 is 0 Å². The molecule has 0 unspecified atom stereocenters. The zero-order valence-corrected chi connectivity index (χ0v) is 18.2. The van der Waals surface area contributed by atoms with Crippen LogP contribution in [0.4, 0.5) is 0 Å². The van der Waals surface area contributed by atoms with Crippen molar-refractivity contribution in [2.75, 3.05) is 53.0 Å². The topological polar surface area (TPSA) is 57.2 Å². The first-order chi connectivity index (χ1) is 14.7. The molecule has 6 heteroatoms. The van der Waals surface area contributed by atoms with Crippen LogP contribution in [0.5, 0.6) is 11.5 Å². The molecule has 0 bridgehead atoms. The standard InChI is InChI=1S/C24H35N3O3/c1-3-26-10-12-27(13-11-26)18-22(28)19-30-24-9-5-7-21(15-24)17-25-16-20-6-4-8-23(14-20)29-2/h4-9,14-15,22,25,28H,3,10-13,16-19H2,1-2H3/t22-/m0/s1. The quantitative estimate of drug-likeness (QED) is 0.590. The Labute approximate surface area is 180 Å². The summed E-state index contributed by atoms with van der Waals surface area (Å²) < 4.78 is 11.1. The van der Waals surface area contributed by atoms with Gasteiger partial charge in [-0.2, -0.15) is 0 Å². The van der Waals surface area contributed by atoms with Crippen molar-refractivity contribution in [3.8, 4) is 11.5 Å². The van der Waals surface area contributed by atoms with Gasteiger partial charge in [0.05, 0.1) is 7.11 Å². The smallest absolute Gasteiger partial charge is 0.119 e. The Balaban J connectivity index is 1.39. The molecule has 0 aromatic heterocycles. The summed E-state index contributed by atoms with van der Waals surface area (Å²) in [7, 11) is 1.68. The Morgan fingerprint density at radius 3 is 2.17 bits per heavy atom. The van der Waals surface area contributed by atoms with E-state index in [1.54, 1.807) is 7.11 Å². The zero-order chi connectivity index (χ0) is 21.2. The normalized spacial score (nSPS) is 16.4. The van der Waals surface area contributed by atoms with Crippen LogP contribution in [-0.2, 0) is 13.1 Å². The lowest BCUT2D eigenvalue weighted by molar-refractivity contribution is 0.0471. The summed E-state index contributed by atoms with van der Waals surface area (Å²) >= 11 is 0. The minimum absolute atomic E-state index is 0.314. The molecule has 1 heterocycles. The summed E-state index contributed by atoms with van der Waals surface area (Å²) in [4.78, 5) is 4.76. The van der Waals surface area contributed by atoms with Crippen LogP contribution in [-0.4, -0.2) is 74.0 Å². The van der Waals surface area contributed by atoms with Gasteiger partial charge in [0.25, 0.3) is 0 Å². The van der Waals surface area contributed by atoms with Crippen molar-refractivity contribution in [2.24, 2.45) is 0 Å². The highest BCUT2D eigenvalue weighted by Crippen LogP contribution is 2.15. The molecule has 0 spiro atoms. The fourth-order valence-corrected chi connectivity index (χ4v) is 3.71. The van der Waals surface area contributed by atoms with Crippen LogP contribution in [0.25, 0.3) is 0 Å². The minimum Gasteiger partial charge on any atom is -0.497 e. The summed E-state index contributed by atoms with van der Waals surface area (Å²) in [5.41, 5.74) is 2.34. The van der Waals surface area contributed by atoms with Crippen LogP contribution < -0.4 is 14.8 Å². The lowest BCUT2D eigenvalue weighted by atomic mass is 10.2. The van der Waals surface area contributed by atoms with Crippen molar-refractivity contribution < 1.29 is 14.6 Å². The van der Waals surface area contributed by atoms with E-state index in [1.807, 2.05) is 36.4 Å². The van der Waals surface area contributed by atoms with Crippen LogP contribution >= 0.6 is 0 Å². The van der Waals surface area contributed by atoms with Crippen LogP contribution in [0.3, 0.4) is 0 Å². The summed E-state index contributed by atoms with van der Waals surface area (Å²) in [6.45, 7) is 9.98. The number of nitrogens with one attached hydrogen (secondary N) is 1. The number of piperazine rings is 1. The summed E-state index contributed by atoms with van der Waals surface area (Å²) in [5.74, 6) is 1.67. The average Bonchev–Trinajstić information content (AvgIpc) is 2.79. The molecule has 0 aliphatic carbocycles. The second-order valence-electron chi connectivity index (χ2n) is 7.80. The molecule has 1 saturated heterocycles. The second-order valence-corrected chi connectivity index (χ2v) is 7.80. The summed E-state index contributed by atoms with van der Waals surface area (Å²) in [5, 5.41) is 13.8. The third kappa shape index (κ3) is 7.29. The van der Waals surface area contributed by atoms with Gasteiger partial charge < -0.3 is 24.8 Å². The first-order valence-corrected chi connectivity index (χ1v) is 10.8. The van der Waals surface area contributed by atoms with Crippen LogP contribution in [0.1, 0.15) is 18.1 Å². The van der Waals surface area contributed by atoms with Gasteiger partial charge in [-0.25, -0.2) is 0 Å². The van der Waals surface area contributed by atoms with Crippen molar-refractivity contribution in [1.29, 1.82) is 0 Å². The van der Waals surface area contributed by atoms with Crippen LogP contribution in [0, 0.1) is 0 Å². The van der Waals surface area contributed by atoms with Gasteiger partial charge in [0.2, 0.25) is 0 Å². The number of aliphatic hydroxyl groups excluding tert-OH is 1. The van der Waals surface area contributed by atoms with Crippen molar-refractivity contribution in [3.05, 3.63) is 59.7 Å². The number of aliphatic hydroxyl groups is 1. The van der Waals surface area contributed by atoms with Gasteiger partial charge in [-0.1, -0.05) is 31.2 Å². The first kappa shape index (κ1) is 22.6.